The molecule has 0 saturated heterocycles. The molecule has 2 rings (SSSR count). The van der Waals surface area contributed by atoms with Gasteiger partial charge in [0, 0.05) is 11.8 Å². The molecule has 0 atom stereocenters. The van der Waals surface area contributed by atoms with Crippen LogP contribution in [0, 0.1) is 6.92 Å². The van der Waals surface area contributed by atoms with Crippen LogP contribution < -0.4 is 20.1 Å². The zero-order valence-electron chi connectivity index (χ0n) is 16.7. The highest BCUT2D eigenvalue weighted by molar-refractivity contribution is 6.01. The maximum atomic E-state index is 12.1. The largest absolute Gasteiger partial charge is 0.490 e. The van der Waals surface area contributed by atoms with E-state index in [1.165, 1.54) is 0 Å². The molecule has 28 heavy (non-hydrogen) atoms. The van der Waals surface area contributed by atoms with E-state index in [4.69, 9.17) is 13.9 Å². The highest BCUT2D eigenvalue weighted by Crippen LogP contribution is 2.30. The molecule has 1 aromatic carbocycles. The number of carbonyl (C=O) groups excluding carboxylic acids is 2. The van der Waals surface area contributed by atoms with Crippen molar-refractivity contribution in [2.24, 2.45) is 0 Å². The molecule has 0 spiro atoms. The average Bonchev–Trinajstić information content (AvgIpc) is 3.01. The lowest BCUT2D eigenvalue weighted by Gasteiger charge is -2.15. The minimum Gasteiger partial charge on any atom is -0.490 e. The normalized spacial score (nSPS) is 10.6. The highest BCUT2D eigenvalue weighted by Gasteiger charge is 2.13. The van der Waals surface area contributed by atoms with Crippen LogP contribution in [0.3, 0.4) is 0 Å². The third kappa shape index (κ3) is 6.62. The number of urea groups is 1. The third-order valence-corrected chi connectivity index (χ3v) is 3.69. The van der Waals surface area contributed by atoms with Crippen LogP contribution in [0.5, 0.6) is 11.5 Å². The van der Waals surface area contributed by atoms with Gasteiger partial charge in [0.15, 0.2) is 11.5 Å². The number of imide groups is 1. The number of nitrogens with zero attached hydrogens (tertiary/aromatic N) is 1. The van der Waals surface area contributed by atoms with E-state index in [2.05, 4.69) is 10.6 Å². The molecule has 1 heterocycles. The second-order valence-electron chi connectivity index (χ2n) is 6.21. The predicted molar refractivity (Wildman–Crippen MR) is 106 cm³/mol. The van der Waals surface area contributed by atoms with Crippen LogP contribution in [-0.2, 0) is 11.3 Å². The Morgan fingerprint density at radius 2 is 1.79 bits per heavy atom. The van der Waals surface area contributed by atoms with Crippen molar-refractivity contribution in [3.63, 3.8) is 0 Å². The van der Waals surface area contributed by atoms with Crippen molar-refractivity contribution in [2.45, 2.75) is 27.3 Å². The SMILES string of the molecule is CCOc1ccc(NC(=O)NC(=O)CN(C)Cc2ccc(C)o2)cc1OCC. The summed E-state index contributed by atoms with van der Waals surface area (Å²) in [5, 5.41) is 4.93. The molecular formula is C20H27N3O5. The number of furan rings is 1. The van der Waals surface area contributed by atoms with E-state index in [-0.39, 0.29) is 6.54 Å². The van der Waals surface area contributed by atoms with Crippen LogP contribution in [-0.4, -0.2) is 43.6 Å². The fraction of sp³-hybridized carbons (Fsp3) is 0.400. The Morgan fingerprint density at radius 3 is 2.43 bits per heavy atom. The predicted octanol–water partition coefficient (Wildman–Crippen LogP) is 3.17. The van der Waals surface area contributed by atoms with Gasteiger partial charge in [-0.1, -0.05) is 0 Å². The van der Waals surface area contributed by atoms with Gasteiger partial charge in [0.25, 0.3) is 0 Å². The zero-order chi connectivity index (χ0) is 20.5. The molecule has 3 amide bonds. The van der Waals surface area contributed by atoms with Gasteiger partial charge in [0.05, 0.1) is 26.3 Å². The summed E-state index contributed by atoms with van der Waals surface area (Å²) in [7, 11) is 1.77. The molecule has 0 unspecified atom stereocenters. The summed E-state index contributed by atoms with van der Waals surface area (Å²) < 4.78 is 16.5. The molecular weight excluding hydrogens is 362 g/mol. The Morgan fingerprint density at radius 1 is 1.07 bits per heavy atom. The van der Waals surface area contributed by atoms with Gasteiger partial charge < -0.3 is 19.2 Å². The fourth-order valence-electron chi connectivity index (χ4n) is 2.59. The Labute approximate surface area is 164 Å². The Balaban J connectivity index is 1.86. The maximum Gasteiger partial charge on any atom is 0.325 e. The number of rotatable bonds is 9. The molecule has 1 aromatic heterocycles. The van der Waals surface area contributed by atoms with E-state index < -0.39 is 11.9 Å². The Kier molecular flexibility index (Phi) is 7.88. The summed E-state index contributed by atoms with van der Waals surface area (Å²) in [5.74, 6) is 2.28. The number of ether oxygens (including phenoxy) is 2. The summed E-state index contributed by atoms with van der Waals surface area (Å²) >= 11 is 0. The molecule has 2 aromatic rings. The van der Waals surface area contributed by atoms with Crippen molar-refractivity contribution in [1.29, 1.82) is 0 Å². The van der Waals surface area contributed by atoms with E-state index in [9.17, 15) is 9.59 Å². The van der Waals surface area contributed by atoms with E-state index in [1.807, 2.05) is 32.9 Å². The van der Waals surface area contributed by atoms with Gasteiger partial charge in [-0.3, -0.25) is 15.0 Å². The lowest BCUT2D eigenvalue weighted by atomic mass is 10.2. The van der Waals surface area contributed by atoms with Crippen molar-refractivity contribution < 1.29 is 23.5 Å². The molecule has 0 aliphatic rings. The van der Waals surface area contributed by atoms with E-state index in [0.29, 0.717) is 36.9 Å². The van der Waals surface area contributed by atoms with E-state index in [0.717, 1.165) is 11.5 Å². The molecule has 0 fully saturated rings. The van der Waals surface area contributed by atoms with E-state index >= 15 is 0 Å². The molecule has 0 bridgehead atoms. The van der Waals surface area contributed by atoms with Gasteiger partial charge in [-0.15, -0.1) is 0 Å². The number of amides is 3. The second kappa shape index (κ2) is 10.4. The topological polar surface area (TPSA) is 93.0 Å². The third-order valence-electron chi connectivity index (χ3n) is 3.69. The van der Waals surface area contributed by atoms with Crippen LogP contribution in [0.25, 0.3) is 0 Å². The molecule has 152 valence electrons. The maximum absolute atomic E-state index is 12.1. The summed E-state index contributed by atoms with van der Waals surface area (Å²) in [6.07, 6.45) is 0. The first-order valence-electron chi connectivity index (χ1n) is 9.15. The van der Waals surface area contributed by atoms with Crippen LogP contribution >= 0.6 is 0 Å². The number of hydrogen-bond acceptors (Lipinski definition) is 6. The Hall–Kier alpha value is -3.00. The van der Waals surface area contributed by atoms with E-state index in [1.54, 1.807) is 30.1 Å². The number of nitrogens with one attached hydrogen (secondary N) is 2. The van der Waals surface area contributed by atoms with Crippen LogP contribution in [0.4, 0.5) is 10.5 Å². The smallest absolute Gasteiger partial charge is 0.325 e. The number of likely N-dealkylation sites (N-methyl/N-ethyl adjacent to an activating group) is 1. The molecule has 0 radical (unpaired) electrons. The summed E-state index contributed by atoms with van der Waals surface area (Å²) in [5.41, 5.74) is 0.497. The monoisotopic (exact) mass is 389 g/mol. The number of hydrogen-bond donors (Lipinski definition) is 2. The van der Waals surface area contributed by atoms with Gasteiger partial charge in [0.1, 0.15) is 11.5 Å². The summed E-state index contributed by atoms with van der Waals surface area (Å²) in [6.45, 7) is 7.11. The van der Waals surface area contributed by atoms with Crippen LogP contribution in [0.15, 0.2) is 34.7 Å². The van der Waals surface area contributed by atoms with Crippen molar-refractivity contribution in [3.8, 4) is 11.5 Å². The van der Waals surface area contributed by atoms with Crippen LogP contribution in [0.2, 0.25) is 0 Å². The van der Waals surface area contributed by atoms with Gasteiger partial charge in [-0.2, -0.15) is 0 Å². The molecule has 0 aliphatic carbocycles. The van der Waals surface area contributed by atoms with Crippen molar-refractivity contribution in [1.82, 2.24) is 10.2 Å². The number of aryl methyl sites for hydroxylation is 1. The van der Waals surface area contributed by atoms with Gasteiger partial charge in [0.2, 0.25) is 5.91 Å². The van der Waals surface area contributed by atoms with Crippen molar-refractivity contribution in [2.75, 3.05) is 32.1 Å². The summed E-state index contributed by atoms with van der Waals surface area (Å²) in [6, 6.07) is 8.17. The molecule has 0 aliphatic heterocycles. The molecule has 8 heteroatoms. The number of anilines is 1. The quantitative estimate of drug-likeness (QED) is 0.684. The number of carbonyl (C=O) groups is 2. The molecule has 0 saturated carbocycles. The first kappa shape index (κ1) is 21.3. The van der Waals surface area contributed by atoms with Gasteiger partial charge in [-0.05, 0) is 52.1 Å². The zero-order valence-corrected chi connectivity index (χ0v) is 16.7. The minimum atomic E-state index is -0.612. The van der Waals surface area contributed by atoms with Crippen molar-refractivity contribution >= 4 is 17.6 Å². The molecule has 8 nitrogen and oxygen atoms in total. The lowest BCUT2D eigenvalue weighted by molar-refractivity contribution is -0.120. The highest BCUT2D eigenvalue weighted by atomic mass is 16.5. The second-order valence-corrected chi connectivity index (χ2v) is 6.21. The number of benzene rings is 1. The fourth-order valence-corrected chi connectivity index (χ4v) is 2.59. The molecule has 2 N–H and O–H groups in total. The van der Waals surface area contributed by atoms with Gasteiger partial charge in [-0.25, -0.2) is 4.79 Å². The Bertz CT molecular complexity index is 803. The van der Waals surface area contributed by atoms with Gasteiger partial charge >= 0.3 is 6.03 Å². The standard InChI is InChI=1S/C20H27N3O5/c1-5-26-17-10-8-15(11-18(17)27-6-2)21-20(25)22-19(24)13-23(4)12-16-9-7-14(3)28-16/h7-11H,5-6,12-13H2,1-4H3,(H2,21,22,24,25). The van der Waals surface area contributed by atoms with Crippen LogP contribution in [0.1, 0.15) is 25.4 Å². The first-order valence-corrected chi connectivity index (χ1v) is 9.15. The summed E-state index contributed by atoms with van der Waals surface area (Å²) in [4.78, 5) is 25.9. The lowest BCUT2D eigenvalue weighted by Crippen LogP contribution is -2.40. The first-order chi connectivity index (χ1) is 13.4. The minimum absolute atomic E-state index is 0.0562. The van der Waals surface area contributed by atoms with Crippen molar-refractivity contribution in [3.05, 3.63) is 41.9 Å². The average molecular weight is 389 g/mol.